The van der Waals surface area contributed by atoms with Crippen molar-refractivity contribution in [2.75, 3.05) is 13.6 Å². The lowest BCUT2D eigenvalue weighted by atomic mass is 10.1. The zero-order valence-electron chi connectivity index (χ0n) is 12.4. The van der Waals surface area contributed by atoms with Crippen LogP contribution in [-0.2, 0) is 6.54 Å². The summed E-state index contributed by atoms with van der Waals surface area (Å²) in [7, 11) is 1.61. The van der Waals surface area contributed by atoms with Crippen LogP contribution in [0.4, 0.5) is 0 Å². The molecule has 1 heterocycles. The molecule has 114 valence electrons. The normalized spacial score (nSPS) is 10.4. The number of H-pyrrole nitrogens is 1. The van der Waals surface area contributed by atoms with E-state index < -0.39 is 11.1 Å². The van der Waals surface area contributed by atoms with E-state index in [-0.39, 0.29) is 12.3 Å². The van der Waals surface area contributed by atoms with Crippen molar-refractivity contribution in [3.8, 4) is 6.07 Å². The molecule has 1 aromatic heterocycles. The molecule has 0 fully saturated rings. The number of fused-ring (bicyclic) bond motifs is 1. The molecule has 7 nitrogen and oxygen atoms in total. The number of aromatic amines is 1. The summed E-state index contributed by atoms with van der Waals surface area (Å²) in [5.41, 5.74) is 0.0798. The van der Waals surface area contributed by atoms with E-state index in [1.165, 1.54) is 9.47 Å². The van der Waals surface area contributed by atoms with Gasteiger partial charge in [0, 0.05) is 25.7 Å². The van der Waals surface area contributed by atoms with Gasteiger partial charge in [-0.2, -0.15) is 5.26 Å². The molecule has 0 radical (unpaired) electrons. The number of nitrogens with one attached hydrogen (secondary N) is 1. The summed E-state index contributed by atoms with van der Waals surface area (Å²) in [4.78, 5) is 39.6. The Morgan fingerprint density at radius 3 is 2.77 bits per heavy atom. The summed E-state index contributed by atoms with van der Waals surface area (Å²) in [6, 6.07) is 6.78. The van der Waals surface area contributed by atoms with E-state index in [1.807, 2.05) is 6.07 Å². The van der Waals surface area contributed by atoms with E-state index in [0.717, 1.165) is 0 Å². The zero-order chi connectivity index (χ0) is 16.3. The Morgan fingerprint density at radius 1 is 1.41 bits per heavy atom. The van der Waals surface area contributed by atoms with E-state index in [4.69, 9.17) is 5.26 Å². The van der Waals surface area contributed by atoms with Gasteiger partial charge in [0.1, 0.15) is 0 Å². The van der Waals surface area contributed by atoms with Gasteiger partial charge < -0.3 is 14.5 Å². The predicted octanol–water partition coefficient (Wildman–Crippen LogP) is 0.695. The Balaban J connectivity index is 2.50. The first-order valence-electron chi connectivity index (χ1n) is 6.89. The number of benzene rings is 1. The van der Waals surface area contributed by atoms with Gasteiger partial charge in [-0.05, 0) is 25.1 Å². The molecule has 0 atom stereocenters. The average Bonchev–Trinajstić information content (AvgIpc) is 2.52. The molecule has 1 aromatic carbocycles. The minimum absolute atomic E-state index is 0.243. The van der Waals surface area contributed by atoms with Crippen molar-refractivity contribution < 1.29 is 4.79 Å². The molecular weight excluding hydrogens is 284 g/mol. The molecule has 7 heteroatoms. The summed E-state index contributed by atoms with van der Waals surface area (Å²) in [6.45, 7) is 2.47. The molecule has 0 bridgehead atoms. The number of carbonyl (C=O) groups excluding carboxylic acids is 1. The number of nitrogens with zero attached hydrogens (tertiary/aromatic N) is 3. The summed E-state index contributed by atoms with van der Waals surface area (Å²) < 4.78 is 1.36. The predicted molar refractivity (Wildman–Crippen MR) is 81.7 cm³/mol. The van der Waals surface area contributed by atoms with Gasteiger partial charge in [0.2, 0.25) is 0 Å². The van der Waals surface area contributed by atoms with Crippen LogP contribution in [0.5, 0.6) is 0 Å². The zero-order valence-corrected chi connectivity index (χ0v) is 12.4. The number of hydrogen-bond donors (Lipinski definition) is 1. The Bertz CT molecular complexity index is 873. The van der Waals surface area contributed by atoms with E-state index in [2.05, 4.69) is 4.98 Å². The Hall–Kier alpha value is -2.88. The van der Waals surface area contributed by atoms with Crippen molar-refractivity contribution in [1.29, 1.82) is 5.26 Å². The van der Waals surface area contributed by atoms with Crippen LogP contribution in [0.1, 0.15) is 23.7 Å². The first kappa shape index (κ1) is 15.5. The largest absolute Gasteiger partial charge is 0.341 e. The first-order valence-corrected chi connectivity index (χ1v) is 6.89. The lowest BCUT2D eigenvalue weighted by molar-refractivity contribution is 0.0798. The molecule has 0 unspecified atom stereocenters. The van der Waals surface area contributed by atoms with Crippen LogP contribution in [0.2, 0.25) is 0 Å². The van der Waals surface area contributed by atoms with E-state index in [1.54, 1.807) is 32.2 Å². The van der Waals surface area contributed by atoms with Gasteiger partial charge in [-0.1, -0.05) is 0 Å². The van der Waals surface area contributed by atoms with Crippen LogP contribution >= 0.6 is 0 Å². The molecule has 0 saturated heterocycles. The van der Waals surface area contributed by atoms with Gasteiger partial charge >= 0.3 is 11.1 Å². The number of carbonyl (C=O) groups is 1. The third-order valence-corrected chi connectivity index (χ3v) is 3.44. The highest BCUT2D eigenvalue weighted by atomic mass is 16.2. The summed E-state index contributed by atoms with van der Waals surface area (Å²) >= 11 is 0. The fourth-order valence-electron chi connectivity index (χ4n) is 2.27. The maximum atomic E-state index is 12.3. The second-order valence-electron chi connectivity index (χ2n) is 4.87. The summed E-state index contributed by atoms with van der Waals surface area (Å²) in [5, 5.41) is 8.56. The lowest BCUT2D eigenvalue weighted by Gasteiger charge is -2.16. The summed E-state index contributed by atoms with van der Waals surface area (Å²) in [6.07, 6.45) is 0.252. The second-order valence-corrected chi connectivity index (χ2v) is 4.87. The first-order chi connectivity index (χ1) is 10.5. The van der Waals surface area contributed by atoms with Crippen LogP contribution in [0.25, 0.3) is 11.0 Å². The Morgan fingerprint density at radius 2 is 2.14 bits per heavy atom. The average molecular weight is 300 g/mol. The van der Waals surface area contributed by atoms with Gasteiger partial charge in [0.15, 0.2) is 0 Å². The standard InChI is InChI=1S/C15H16N4O3/c1-3-19-12-6-5-10(14(21)18(2)8-4-7-16)9-11(12)17-13(20)15(19)22/h5-6,9H,3-4,8H2,1-2H3,(H,17,20). The van der Waals surface area contributed by atoms with Gasteiger partial charge in [0.05, 0.1) is 23.5 Å². The molecule has 1 N–H and O–H groups in total. The van der Waals surface area contributed by atoms with Crippen LogP contribution < -0.4 is 11.1 Å². The molecule has 22 heavy (non-hydrogen) atoms. The highest BCUT2D eigenvalue weighted by Gasteiger charge is 2.13. The van der Waals surface area contributed by atoms with Crippen LogP contribution in [-0.4, -0.2) is 34.0 Å². The number of rotatable bonds is 4. The molecule has 0 saturated carbocycles. The molecule has 0 aliphatic heterocycles. The number of amides is 1. The van der Waals surface area contributed by atoms with Crippen LogP contribution in [0.3, 0.4) is 0 Å². The molecular formula is C15H16N4O3. The van der Waals surface area contributed by atoms with Crippen molar-refractivity contribution in [2.24, 2.45) is 0 Å². The highest BCUT2D eigenvalue weighted by molar-refractivity contribution is 5.97. The third-order valence-electron chi connectivity index (χ3n) is 3.44. The fourth-order valence-corrected chi connectivity index (χ4v) is 2.27. The van der Waals surface area contributed by atoms with Gasteiger partial charge in [-0.25, -0.2) is 0 Å². The smallest absolute Gasteiger partial charge is 0.316 e. The van der Waals surface area contributed by atoms with Crippen molar-refractivity contribution in [1.82, 2.24) is 14.5 Å². The van der Waals surface area contributed by atoms with Crippen LogP contribution in [0.15, 0.2) is 27.8 Å². The number of nitriles is 1. The molecule has 2 rings (SSSR count). The van der Waals surface area contributed by atoms with Crippen molar-refractivity contribution in [2.45, 2.75) is 19.9 Å². The minimum atomic E-state index is -0.711. The Labute approximate surface area is 126 Å². The highest BCUT2D eigenvalue weighted by Crippen LogP contribution is 2.13. The molecule has 0 aliphatic rings. The summed E-state index contributed by atoms with van der Waals surface area (Å²) in [5.74, 6) is -0.243. The Kier molecular flexibility index (Phi) is 4.41. The number of aryl methyl sites for hydroxylation is 1. The second kappa shape index (κ2) is 6.26. The lowest BCUT2D eigenvalue weighted by Crippen LogP contribution is -2.36. The monoisotopic (exact) mass is 300 g/mol. The van der Waals surface area contributed by atoms with Crippen LogP contribution in [0, 0.1) is 11.3 Å². The van der Waals surface area contributed by atoms with Gasteiger partial charge in [-0.3, -0.25) is 14.4 Å². The maximum absolute atomic E-state index is 12.3. The van der Waals surface area contributed by atoms with Gasteiger partial charge in [-0.15, -0.1) is 0 Å². The number of hydrogen-bond acceptors (Lipinski definition) is 4. The fraction of sp³-hybridized carbons (Fsp3) is 0.333. The SMILES string of the molecule is CCn1c(=O)c(=O)[nH]c2cc(C(=O)N(C)CCC#N)ccc21. The molecule has 2 aromatic rings. The van der Waals surface area contributed by atoms with Crippen molar-refractivity contribution in [3.63, 3.8) is 0 Å². The third kappa shape index (κ3) is 2.76. The van der Waals surface area contributed by atoms with E-state index in [0.29, 0.717) is 29.7 Å². The van der Waals surface area contributed by atoms with Crippen molar-refractivity contribution >= 4 is 16.9 Å². The topological polar surface area (TPSA) is 99.0 Å². The molecule has 0 spiro atoms. The van der Waals surface area contributed by atoms with E-state index >= 15 is 0 Å². The molecule has 1 amide bonds. The quantitative estimate of drug-likeness (QED) is 0.840. The minimum Gasteiger partial charge on any atom is -0.341 e. The maximum Gasteiger partial charge on any atom is 0.316 e. The van der Waals surface area contributed by atoms with E-state index in [9.17, 15) is 14.4 Å². The van der Waals surface area contributed by atoms with Crippen molar-refractivity contribution in [3.05, 3.63) is 44.5 Å². The molecule has 0 aliphatic carbocycles. The van der Waals surface area contributed by atoms with Gasteiger partial charge in [0.25, 0.3) is 5.91 Å². The number of aromatic nitrogens is 2.